The minimum absolute atomic E-state index is 0.150. The van der Waals surface area contributed by atoms with Crippen LogP contribution in [0.3, 0.4) is 0 Å². The van der Waals surface area contributed by atoms with Gasteiger partial charge in [-0.25, -0.2) is 4.39 Å². The molecule has 1 aromatic rings. The van der Waals surface area contributed by atoms with E-state index in [1.54, 1.807) is 6.07 Å². The Morgan fingerprint density at radius 1 is 1.46 bits per heavy atom. The summed E-state index contributed by atoms with van der Waals surface area (Å²) in [6.07, 6.45) is 0. The Labute approximate surface area is 81.7 Å². The number of hydrogen-bond acceptors (Lipinski definition) is 2. The normalized spacial score (nSPS) is 16.8. The summed E-state index contributed by atoms with van der Waals surface area (Å²) >= 11 is 1.89. The topological polar surface area (TPSA) is 12.0 Å². The second-order valence-corrected chi connectivity index (χ2v) is 4.44. The molecule has 70 valence electrons. The van der Waals surface area contributed by atoms with Crippen molar-refractivity contribution in [2.45, 2.75) is 13.0 Å². The first-order valence-corrected chi connectivity index (χ1v) is 5.51. The molecule has 0 radical (unpaired) electrons. The molecule has 0 amide bonds. The molecule has 1 saturated heterocycles. The van der Waals surface area contributed by atoms with Crippen molar-refractivity contribution >= 4 is 17.4 Å². The third kappa shape index (κ3) is 1.97. The number of anilines is 1. The molecular formula is C10H12FNS. The molecule has 2 rings (SSSR count). The Morgan fingerprint density at radius 2 is 2.23 bits per heavy atom. The van der Waals surface area contributed by atoms with Gasteiger partial charge in [0.25, 0.3) is 0 Å². The lowest BCUT2D eigenvalue weighted by Gasteiger charge is -2.27. The van der Waals surface area contributed by atoms with E-state index in [2.05, 4.69) is 5.32 Å². The molecule has 1 nitrogen and oxygen atoms in total. The molecule has 0 saturated carbocycles. The van der Waals surface area contributed by atoms with Crippen LogP contribution in [0, 0.1) is 12.7 Å². The third-order valence-electron chi connectivity index (χ3n) is 2.12. The van der Waals surface area contributed by atoms with E-state index < -0.39 is 0 Å². The van der Waals surface area contributed by atoms with E-state index in [4.69, 9.17) is 0 Å². The van der Waals surface area contributed by atoms with Crippen LogP contribution in [0.1, 0.15) is 5.56 Å². The van der Waals surface area contributed by atoms with Gasteiger partial charge >= 0.3 is 0 Å². The van der Waals surface area contributed by atoms with Crippen LogP contribution in [0.4, 0.5) is 10.1 Å². The van der Waals surface area contributed by atoms with Crippen LogP contribution >= 0.6 is 11.8 Å². The molecule has 1 fully saturated rings. The smallest absolute Gasteiger partial charge is 0.146 e. The van der Waals surface area contributed by atoms with Gasteiger partial charge in [0.15, 0.2) is 0 Å². The number of rotatable bonds is 2. The molecule has 0 aromatic heterocycles. The summed E-state index contributed by atoms with van der Waals surface area (Å²) in [6.45, 7) is 1.97. The summed E-state index contributed by atoms with van der Waals surface area (Å²) in [5, 5.41) is 3.19. The van der Waals surface area contributed by atoms with Gasteiger partial charge in [0.1, 0.15) is 5.82 Å². The Bertz CT molecular complexity index is 310. The first-order valence-electron chi connectivity index (χ1n) is 4.36. The summed E-state index contributed by atoms with van der Waals surface area (Å²) in [4.78, 5) is 0. The second kappa shape index (κ2) is 3.58. The lowest BCUT2D eigenvalue weighted by molar-refractivity contribution is 0.627. The van der Waals surface area contributed by atoms with Gasteiger partial charge in [-0.1, -0.05) is 6.07 Å². The van der Waals surface area contributed by atoms with E-state index in [0.717, 1.165) is 17.1 Å². The fourth-order valence-electron chi connectivity index (χ4n) is 1.29. The highest BCUT2D eigenvalue weighted by molar-refractivity contribution is 8.00. The highest BCUT2D eigenvalue weighted by atomic mass is 32.2. The molecule has 1 aliphatic heterocycles. The monoisotopic (exact) mass is 197 g/mol. The fourth-order valence-corrected chi connectivity index (χ4v) is 1.93. The molecule has 13 heavy (non-hydrogen) atoms. The molecule has 1 aliphatic rings. The van der Waals surface area contributed by atoms with Crippen LogP contribution < -0.4 is 5.32 Å². The Hall–Kier alpha value is -0.700. The molecule has 0 bridgehead atoms. The van der Waals surface area contributed by atoms with Crippen molar-refractivity contribution < 1.29 is 4.39 Å². The maximum absolute atomic E-state index is 13.2. The third-order valence-corrected chi connectivity index (χ3v) is 3.40. The zero-order valence-corrected chi connectivity index (χ0v) is 8.33. The summed E-state index contributed by atoms with van der Waals surface area (Å²) in [6, 6.07) is 5.62. The maximum atomic E-state index is 13.2. The van der Waals surface area contributed by atoms with Gasteiger partial charge in [0.2, 0.25) is 0 Å². The standard InChI is InChI=1S/C10H12FNS/c1-7-2-3-9(11)10(4-7)12-8-5-13-6-8/h2-4,8,12H,5-6H2,1H3. The summed E-state index contributed by atoms with van der Waals surface area (Å²) in [7, 11) is 0. The average molecular weight is 197 g/mol. The van der Waals surface area contributed by atoms with E-state index in [1.807, 2.05) is 24.8 Å². The van der Waals surface area contributed by atoms with Gasteiger partial charge in [-0.2, -0.15) is 11.8 Å². The van der Waals surface area contributed by atoms with Gasteiger partial charge in [0.05, 0.1) is 5.69 Å². The van der Waals surface area contributed by atoms with Crippen molar-refractivity contribution in [2.75, 3.05) is 16.8 Å². The zero-order valence-electron chi connectivity index (χ0n) is 7.51. The second-order valence-electron chi connectivity index (χ2n) is 3.36. The molecule has 0 spiro atoms. The predicted octanol–water partition coefficient (Wildman–Crippen LogP) is 2.66. The maximum Gasteiger partial charge on any atom is 0.146 e. The fraction of sp³-hybridized carbons (Fsp3) is 0.400. The molecule has 1 N–H and O–H groups in total. The number of aryl methyl sites for hydroxylation is 1. The van der Waals surface area contributed by atoms with E-state index in [1.165, 1.54) is 6.07 Å². The van der Waals surface area contributed by atoms with Crippen LogP contribution in [-0.4, -0.2) is 17.5 Å². The lowest BCUT2D eigenvalue weighted by Crippen LogP contribution is -2.33. The molecule has 0 aliphatic carbocycles. The molecule has 1 heterocycles. The van der Waals surface area contributed by atoms with Gasteiger partial charge in [-0.15, -0.1) is 0 Å². The van der Waals surface area contributed by atoms with Crippen molar-refractivity contribution in [3.05, 3.63) is 29.6 Å². The Morgan fingerprint density at radius 3 is 2.85 bits per heavy atom. The number of benzene rings is 1. The van der Waals surface area contributed by atoms with Gasteiger partial charge in [-0.05, 0) is 24.6 Å². The number of nitrogens with one attached hydrogen (secondary N) is 1. The van der Waals surface area contributed by atoms with Gasteiger partial charge in [-0.3, -0.25) is 0 Å². The van der Waals surface area contributed by atoms with Crippen molar-refractivity contribution in [1.29, 1.82) is 0 Å². The van der Waals surface area contributed by atoms with Crippen molar-refractivity contribution in [3.63, 3.8) is 0 Å². The highest BCUT2D eigenvalue weighted by Gasteiger charge is 2.18. The minimum Gasteiger partial charge on any atom is -0.378 e. The first kappa shape index (κ1) is 8.88. The average Bonchev–Trinajstić information content (AvgIpc) is 2.03. The van der Waals surface area contributed by atoms with Crippen LogP contribution in [0.25, 0.3) is 0 Å². The Kier molecular flexibility index (Phi) is 2.44. The highest BCUT2D eigenvalue weighted by Crippen LogP contribution is 2.24. The lowest BCUT2D eigenvalue weighted by atomic mass is 10.2. The van der Waals surface area contributed by atoms with E-state index in [-0.39, 0.29) is 5.82 Å². The molecule has 1 aromatic carbocycles. The summed E-state index contributed by atoms with van der Waals surface area (Å²) < 4.78 is 13.2. The Balaban J connectivity index is 2.13. The number of thioether (sulfide) groups is 1. The van der Waals surface area contributed by atoms with Gasteiger partial charge < -0.3 is 5.32 Å². The van der Waals surface area contributed by atoms with Crippen LogP contribution in [0.2, 0.25) is 0 Å². The van der Waals surface area contributed by atoms with E-state index >= 15 is 0 Å². The van der Waals surface area contributed by atoms with Crippen molar-refractivity contribution in [3.8, 4) is 0 Å². The number of halogens is 1. The zero-order chi connectivity index (χ0) is 9.26. The first-order chi connectivity index (χ1) is 6.25. The summed E-state index contributed by atoms with van der Waals surface area (Å²) in [5.74, 6) is 2.03. The summed E-state index contributed by atoms with van der Waals surface area (Å²) in [5.41, 5.74) is 1.74. The molecular weight excluding hydrogens is 185 g/mol. The SMILES string of the molecule is Cc1ccc(F)c(NC2CSC2)c1. The largest absolute Gasteiger partial charge is 0.378 e. The molecule has 3 heteroatoms. The quantitative estimate of drug-likeness (QED) is 0.782. The van der Waals surface area contributed by atoms with Crippen LogP contribution in [-0.2, 0) is 0 Å². The van der Waals surface area contributed by atoms with E-state index in [9.17, 15) is 4.39 Å². The molecule has 0 unspecified atom stereocenters. The van der Waals surface area contributed by atoms with Crippen LogP contribution in [0.15, 0.2) is 18.2 Å². The van der Waals surface area contributed by atoms with Crippen LogP contribution in [0.5, 0.6) is 0 Å². The molecule has 0 atom stereocenters. The van der Waals surface area contributed by atoms with Crippen molar-refractivity contribution in [1.82, 2.24) is 0 Å². The van der Waals surface area contributed by atoms with Gasteiger partial charge in [0, 0.05) is 17.5 Å². The number of hydrogen-bond donors (Lipinski definition) is 1. The van der Waals surface area contributed by atoms with Crippen molar-refractivity contribution in [2.24, 2.45) is 0 Å². The minimum atomic E-state index is -0.150. The van der Waals surface area contributed by atoms with E-state index in [0.29, 0.717) is 11.7 Å². The predicted molar refractivity (Wildman–Crippen MR) is 55.9 cm³/mol.